The third kappa shape index (κ3) is 3.58. The molecule has 0 radical (unpaired) electrons. The molecule has 0 spiro atoms. The summed E-state index contributed by atoms with van der Waals surface area (Å²) >= 11 is 21.4. The summed E-state index contributed by atoms with van der Waals surface area (Å²) in [6.07, 6.45) is 2.92. The molecule has 0 saturated carbocycles. The minimum atomic E-state index is 0.519. The molecular weight excluding hydrogens is 495 g/mol. The summed E-state index contributed by atoms with van der Waals surface area (Å²) in [6, 6.07) is 3.85. The molecule has 0 aromatic carbocycles. The van der Waals surface area contributed by atoms with Gasteiger partial charge in [0.15, 0.2) is 0 Å². The first-order valence-corrected chi connectivity index (χ1v) is 9.63. The number of halogens is 4. The maximum Gasteiger partial charge on any atom is 0.150 e. The predicted octanol–water partition coefficient (Wildman–Crippen LogP) is 6.21. The molecule has 0 N–H and O–H groups in total. The molecule has 0 atom stereocenters. The standard InChI is InChI=1S/2C6H2BrClN2S/c2*7-4-1-3-5(11-4)6(8)10-2-9-3/h2*1-2H. The Bertz CT molecular complexity index is 879. The molecular formula is C12H4Br2Cl2N4S2. The number of hydrogen-bond acceptors (Lipinski definition) is 6. The molecule has 0 aliphatic heterocycles. The molecule has 22 heavy (non-hydrogen) atoms. The number of rotatable bonds is 0. The molecule has 0 unspecified atom stereocenters. The molecule has 0 bridgehead atoms. The van der Waals surface area contributed by atoms with E-state index in [1.54, 1.807) is 0 Å². The van der Waals surface area contributed by atoms with Crippen molar-refractivity contribution in [2.75, 3.05) is 0 Å². The first kappa shape index (κ1) is 16.5. The molecule has 4 heterocycles. The fourth-order valence-corrected chi connectivity index (χ4v) is 4.95. The van der Waals surface area contributed by atoms with E-state index in [-0.39, 0.29) is 0 Å². The highest BCUT2D eigenvalue weighted by atomic mass is 79.9. The van der Waals surface area contributed by atoms with Crippen molar-refractivity contribution in [2.24, 2.45) is 0 Å². The van der Waals surface area contributed by atoms with Crippen molar-refractivity contribution >= 4 is 98.2 Å². The Morgan fingerprint density at radius 3 is 1.50 bits per heavy atom. The molecule has 4 rings (SSSR count). The van der Waals surface area contributed by atoms with Crippen LogP contribution in [-0.2, 0) is 0 Å². The summed E-state index contributed by atoms with van der Waals surface area (Å²) in [7, 11) is 0. The molecule has 10 heteroatoms. The summed E-state index contributed by atoms with van der Waals surface area (Å²) in [5.41, 5.74) is 1.78. The normalized spacial score (nSPS) is 10.7. The monoisotopic (exact) mass is 496 g/mol. The summed E-state index contributed by atoms with van der Waals surface area (Å²) < 4.78 is 3.91. The van der Waals surface area contributed by atoms with Gasteiger partial charge in [-0.15, -0.1) is 22.7 Å². The van der Waals surface area contributed by atoms with Crippen LogP contribution in [0.5, 0.6) is 0 Å². The van der Waals surface area contributed by atoms with Crippen LogP contribution in [0.25, 0.3) is 20.4 Å². The van der Waals surface area contributed by atoms with Crippen molar-refractivity contribution < 1.29 is 0 Å². The Morgan fingerprint density at radius 1 is 0.727 bits per heavy atom. The average Bonchev–Trinajstić information content (AvgIpc) is 3.03. The molecule has 0 saturated heterocycles. The van der Waals surface area contributed by atoms with Crippen LogP contribution in [0.4, 0.5) is 0 Å². The number of thiophene rings is 2. The highest BCUT2D eigenvalue weighted by Crippen LogP contribution is 2.32. The summed E-state index contributed by atoms with van der Waals surface area (Å²) in [5, 5.41) is 1.04. The molecule has 0 fully saturated rings. The van der Waals surface area contributed by atoms with Crippen molar-refractivity contribution in [1.82, 2.24) is 19.9 Å². The van der Waals surface area contributed by atoms with Crippen molar-refractivity contribution in [3.8, 4) is 0 Å². The first-order valence-electron chi connectivity index (χ1n) is 5.65. The topological polar surface area (TPSA) is 51.6 Å². The van der Waals surface area contributed by atoms with Crippen molar-refractivity contribution in [1.29, 1.82) is 0 Å². The Kier molecular flexibility index (Phi) is 5.26. The van der Waals surface area contributed by atoms with Crippen LogP contribution in [0, 0.1) is 0 Å². The van der Waals surface area contributed by atoms with E-state index in [9.17, 15) is 0 Å². The third-order valence-electron chi connectivity index (χ3n) is 2.48. The van der Waals surface area contributed by atoms with E-state index in [1.807, 2.05) is 12.1 Å². The lowest BCUT2D eigenvalue weighted by molar-refractivity contribution is 1.23. The van der Waals surface area contributed by atoms with Crippen molar-refractivity contribution in [3.63, 3.8) is 0 Å². The number of nitrogens with zero attached hydrogens (tertiary/aromatic N) is 4. The first-order chi connectivity index (χ1) is 10.5. The van der Waals surface area contributed by atoms with Gasteiger partial charge in [0, 0.05) is 0 Å². The SMILES string of the molecule is Clc1ncnc2cc(Br)sc12.Clc1ncnc2cc(Br)sc12. The van der Waals surface area contributed by atoms with E-state index >= 15 is 0 Å². The molecule has 4 aromatic heterocycles. The molecule has 4 aromatic rings. The van der Waals surface area contributed by atoms with Crippen LogP contribution >= 0.6 is 77.7 Å². The lowest BCUT2D eigenvalue weighted by Crippen LogP contribution is -1.76. The summed E-state index contributed by atoms with van der Waals surface area (Å²) in [4.78, 5) is 15.8. The second kappa shape index (κ2) is 7.02. The smallest absolute Gasteiger partial charge is 0.150 e. The van der Waals surface area contributed by atoms with E-state index in [0.717, 1.165) is 28.0 Å². The highest BCUT2D eigenvalue weighted by molar-refractivity contribution is 9.11. The van der Waals surface area contributed by atoms with Gasteiger partial charge in [0.2, 0.25) is 0 Å². The molecule has 112 valence electrons. The van der Waals surface area contributed by atoms with Crippen LogP contribution in [0.2, 0.25) is 10.3 Å². The van der Waals surface area contributed by atoms with Gasteiger partial charge in [0.05, 0.1) is 28.0 Å². The lowest BCUT2D eigenvalue weighted by Gasteiger charge is -1.87. The van der Waals surface area contributed by atoms with Crippen LogP contribution in [0.15, 0.2) is 32.4 Å². The zero-order chi connectivity index (χ0) is 15.7. The average molecular weight is 499 g/mol. The largest absolute Gasteiger partial charge is 0.235 e. The minimum Gasteiger partial charge on any atom is -0.235 e. The van der Waals surface area contributed by atoms with Gasteiger partial charge in [-0.05, 0) is 44.0 Å². The van der Waals surface area contributed by atoms with Gasteiger partial charge >= 0.3 is 0 Å². The van der Waals surface area contributed by atoms with E-state index in [1.165, 1.54) is 35.3 Å². The van der Waals surface area contributed by atoms with Crippen LogP contribution in [-0.4, -0.2) is 19.9 Å². The van der Waals surface area contributed by atoms with Crippen LogP contribution < -0.4 is 0 Å². The van der Waals surface area contributed by atoms with Crippen molar-refractivity contribution in [2.45, 2.75) is 0 Å². The number of fused-ring (bicyclic) bond motifs is 2. The van der Waals surface area contributed by atoms with Gasteiger partial charge in [0.1, 0.15) is 23.0 Å². The van der Waals surface area contributed by atoms with E-state index in [2.05, 4.69) is 51.8 Å². The van der Waals surface area contributed by atoms with Crippen molar-refractivity contribution in [3.05, 3.63) is 42.7 Å². The van der Waals surface area contributed by atoms with Gasteiger partial charge in [-0.3, -0.25) is 0 Å². The van der Waals surface area contributed by atoms with Crippen LogP contribution in [0.1, 0.15) is 0 Å². The van der Waals surface area contributed by atoms with Gasteiger partial charge in [-0.1, -0.05) is 23.2 Å². The lowest BCUT2D eigenvalue weighted by atomic mass is 10.5. The maximum atomic E-state index is 5.81. The quantitative estimate of drug-likeness (QED) is 0.270. The molecule has 0 amide bonds. The summed E-state index contributed by atoms with van der Waals surface area (Å²) in [6.45, 7) is 0. The second-order valence-electron chi connectivity index (χ2n) is 3.86. The number of aromatic nitrogens is 4. The Morgan fingerprint density at radius 2 is 1.14 bits per heavy atom. The molecule has 4 nitrogen and oxygen atoms in total. The molecule has 0 aliphatic carbocycles. The Labute approximate surface area is 159 Å². The van der Waals surface area contributed by atoms with E-state index < -0.39 is 0 Å². The Balaban J connectivity index is 0.000000131. The van der Waals surface area contributed by atoms with E-state index in [0.29, 0.717) is 10.3 Å². The fourth-order valence-electron chi connectivity index (χ4n) is 1.59. The third-order valence-corrected chi connectivity index (χ3v) is 6.54. The Hall–Kier alpha value is -0.380. The fraction of sp³-hybridized carbons (Fsp3) is 0. The zero-order valence-electron chi connectivity index (χ0n) is 10.4. The van der Waals surface area contributed by atoms with E-state index in [4.69, 9.17) is 23.2 Å². The maximum absolute atomic E-state index is 5.81. The van der Waals surface area contributed by atoms with Gasteiger partial charge in [-0.2, -0.15) is 0 Å². The van der Waals surface area contributed by atoms with Gasteiger partial charge in [0.25, 0.3) is 0 Å². The predicted molar refractivity (Wildman–Crippen MR) is 100 cm³/mol. The zero-order valence-corrected chi connectivity index (χ0v) is 16.7. The van der Waals surface area contributed by atoms with Gasteiger partial charge < -0.3 is 0 Å². The summed E-state index contributed by atoms with van der Waals surface area (Å²) in [5.74, 6) is 0. The highest BCUT2D eigenvalue weighted by Gasteiger charge is 2.05. The number of hydrogen-bond donors (Lipinski definition) is 0. The molecule has 0 aliphatic rings. The van der Waals surface area contributed by atoms with Crippen LogP contribution in [0.3, 0.4) is 0 Å². The minimum absolute atomic E-state index is 0.519. The second-order valence-corrected chi connectivity index (χ2v) is 9.44. The van der Waals surface area contributed by atoms with Gasteiger partial charge in [-0.25, -0.2) is 19.9 Å².